The third kappa shape index (κ3) is 4.68. The molecule has 4 heterocycles. The number of halogens is 1. The predicted octanol–water partition coefficient (Wildman–Crippen LogP) is 4.41. The number of aromatic nitrogens is 1. The molecule has 6 rings (SSSR count). The summed E-state index contributed by atoms with van der Waals surface area (Å²) >= 11 is 6.17. The summed E-state index contributed by atoms with van der Waals surface area (Å²) in [5.74, 6) is 1.16. The average Bonchev–Trinajstić information content (AvgIpc) is 3.45. The molecule has 11 heteroatoms. The molecule has 0 bridgehead atoms. The van der Waals surface area contributed by atoms with Crippen molar-refractivity contribution in [3.05, 3.63) is 59.2 Å². The third-order valence-electron chi connectivity index (χ3n) is 7.92. The number of anilines is 2. The van der Waals surface area contributed by atoms with Crippen LogP contribution in [0.25, 0.3) is 10.9 Å². The lowest BCUT2D eigenvalue weighted by molar-refractivity contribution is 0.0901. The van der Waals surface area contributed by atoms with Crippen LogP contribution in [0.2, 0.25) is 5.02 Å². The van der Waals surface area contributed by atoms with E-state index < -0.39 is 10.2 Å². The number of carbonyl (C=O) groups is 1. The van der Waals surface area contributed by atoms with Gasteiger partial charge >= 0.3 is 10.2 Å². The third-order valence-corrected chi connectivity index (χ3v) is 10.2. The number of piperidine rings is 1. The summed E-state index contributed by atoms with van der Waals surface area (Å²) in [5.41, 5.74) is 2.94. The number of nitrogens with zero attached hydrogens (tertiary/aromatic N) is 4. The first kappa shape index (κ1) is 26.2. The number of amides is 1. The summed E-state index contributed by atoms with van der Waals surface area (Å²) in [6.45, 7) is 6.77. The van der Waals surface area contributed by atoms with Gasteiger partial charge in [-0.05, 0) is 55.7 Å². The smallest absolute Gasteiger partial charge is 0.304 e. The Morgan fingerprint density at radius 2 is 1.87 bits per heavy atom. The topological polar surface area (TPSA) is 101 Å². The van der Waals surface area contributed by atoms with Crippen molar-refractivity contribution in [2.75, 3.05) is 35.4 Å². The molecule has 2 N–H and O–H groups in total. The summed E-state index contributed by atoms with van der Waals surface area (Å²) in [4.78, 5) is 23.2. The molecule has 2 aromatic carbocycles. The maximum Gasteiger partial charge on any atom is 0.304 e. The quantitative estimate of drug-likeness (QED) is 0.476. The number of amidine groups is 1. The van der Waals surface area contributed by atoms with Crippen molar-refractivity contribution in [1.29, 1.82) is 0 Å². The van der Waals surface area contributed by atoms with Crippen LogP contribution in [0.5, 0.6) is 0 Å². The van der Waals surface area contributed by atoms with Gasteiger partial charge in [-0.15, -0.1) is 0 Å². The van der Waals surface area contributed by atoms with Crippen LogP contribution in [0.15, 0.2) is 53.7 Å². The van der Waals surface area contributed by atoms with Gasteiger partial charge in [-0.3, -0.25) is 14.1 Å². The summed E-state index contributed by atoms with van der Waals surface area (Å²) < 4.78 is 30.2. The Labute approximate surface area is 234 Å². The Morgan fingerprint density at radius 3 is 2.64 bits per heavy atom. The van der Waals surface area contributed by atoms with Gasteiger partial charge in [0.1, 0.15) is 5.84 Å². The fourth-order valence-corrected chi connectivity index (χ4v) is 8.11. The molecule has 1 amide bonds. The molecule has 2 atom stereocenters. The highest BCUT2D eigenvalue weighted by molar-refractivity contribution is 7.90. The van der Waals surface area contributed by atoms with Gasteiger partial charge in [0, 0.05) is 59.9 Å². The number of hydrogen-bond donors (Lipinski definition) is 2. The highest BCUT2D eigenvalue weighted by Gasteiger charge is 2.49. The maximum absolute atomic E-state index is 13.6. The van der Waals surface area contributed by atoms with E-state index in [2.05, 4.69) is 29.0 Å². The number of H-pyrrole nitrogens is 1. The molecule has 0 aliphatic carbocycles. The zero-order chi connectivity index (χ0) is 27.3. The molecule has 9 nitrogen and oxygen atoms in total. The van der Waals surface area contributed by atoms with Crippen LogP contribution < -0.4 is 14.5 Å². The van der Waals surface area contributed by atoms with Gasteiger partial charge in [-0.25, -0.2) is 0 Å². The van der Waals surface area contributed by atoms with Gasteiger partial charge < -0.3 is 15.2 Å². The van der Waals surface area contributed by atoms with Crippen LogP contribution in [0.3, 0.4) is 0 Å². The number of hydrogen-bond acceptors (Lipinski definition) is 5. The van der Waals surface area contributed by atoms with Gasteiger partial charge in [0.25, 0.3) is 5.91 Å². The second-order valence-corrected chi connectivity index (χ2v) is 13.0. The molecular weight excluding hydrogens is 536 g/mol. The van der Waals surface area contributed by atoms with E-state index in [1.165, 1.54) is 4.31 Å². The number of carbonyl (C=O) groups excluding carboxylic acids is 1. The normalized spacial score (nSPS) is 23.2. The Kier molecular flexibility index (Phi) is 6.81. The second kappa shape index (κ2) is 10.1. The Morgan fingerprint density at radius 1 is 1.10 bits per heavy atom. The average molecular weight is 569 g/mol. The molecule has 1 aromatic heterocycles. The van der Waals surface area contributed by atoms with E-state index in [4.69, 9.17) is 16.6 Å². The van der Waals surface area contributed by atoms with Gasteiger partial charge in [-0.1, -0.05) is 31.5 Å². The predicted molar refractivity (Wildman–Crippen MR) is 156 cm³/mol. The minimum Gasteiger partial charge on any atom is -0.360 e. The highest BCUT2D eigenvalue weighted by atomic mass is 35.5. The second-order valence-electron chi connectivity index (χ2n) is 10.8. The van der Waals surface area contributed by atoms with Crippen molar-refractivity contribution in [2.24, 2.45) is 10.9 Å². The molecule has 0 unspecified atom stereocenters. The van der Waals surface area contributed by atoms with Crippen molar-refractivity contribution in [2.45, 2.75) is 45.2 Å². The van der Waals surface area contributed by atoms with Crippen molar-refractivity contribution >= 4 is 55.8 Å². The van der Waals surface area contributed by atoms with Crippen LogP contribution >= 0.6 is 11.6 Å². The number of fused-ring (bicyclic) bond motifs is 2. The molecule has 0 spiro atoms. The monoisotopic (exact) mass is 568 g/mol. The molecule has 3 aliphatic heterocycles. The molecule has 3 aromatic rings. The van der Waals surface area contributed by atoms with E-state index in [9.17, 15) is 13.2 Å². The number of rotatable bonds is 5. The lowest BCUT2D eigenvalue weighted by atomic mass is 9.97. The molecule has 3 aliphatic rings. The maximum atomic E-state index is 13.6. The van der Waals surface area contributed by atoms with Crippen molar-refractivity contribution in [3.63, 3.8) is 0 Å². The number of aromatic amines is 1. The van der Waals surface area contributed by atoms with Crippen LogP contribution in [0.4, 0.5) is 11.4 Å². The fraction of sp³-hybridized carbons (Fsp3) is 0.429. The first-order valence-electron chi connectivity index (χ1n) is 13.5. The first-order chi connectivity index (χ1) is 18.7. The van der Waals surface area contributed by atoms with E-state index in [0.717, 1.165) is 48.4 Å². The summed E-state index contributed by atoms with van der Waals surface area (Å²) in [6.07, 6.45) is 4.10. The Bertz CT molecular complexity index is 1530. The molecule has 39 heavy (non-hydrogen) atoms. The molecule has 0 saturated carbocycles. The highest BCUT2D eigenvalue weighted by Crippen LogP contribution is 2.35. The SMILES string of the molecule is CC(C)C1=NCCCN1c1ccc(N2C[C@@H]3[C@H](NC(=O)c4ccc5c(Cl)c[nH]c5c4)CCCN3S2(=O)=O)cc1. The van der Waals surface area contributed by atoms with Crippen molar-refractivity contribution in [1.82, 2.24) is 14.6 Å². The van der Waals surface area contributed by atoms with Crippen molar-refractivity contribution in [3.8, 4) is 0 Å². The lowest BCUT2D eigenvalue weighted by Gasteiger charge is -2.34. The number of benzene rings is 2. The molecular formula is C28H33ClN6O3S. The van der Waals surface area contributed by atoms with E-state index >= 15 is 0 Å². The summed E-state index contributed by atoms with van der Waals surface area (Å²) in [5, 5.41) is 4.58. The van der Waals surface area contributed by atoms with Crippen LogP contribution in [0.1, 0.15) is 43.5 Å². The fourth-order valence-electron chi connectivity index (χ4n) is 5.99. The zero-order valence-electron chi connectivity index (χ0n) is 22.1. The van der Waals surface area contributed by atoms with E-state index in [-0.39, 0.29) is 18.0 Å². The first-order valence-corrected chi connectivity index (χ1v) is 15.3. The van der Waals surface area contributed by atoms with Crippen molar-refractivity contribution < 1.29 is 13.2 Å². The van der Waals surface area contributed by atoms with Gasteiger partial charge in [0.2, 0.25) is 0 Å². The van der Waals surface area contributed by atoms with E-state index in [0.29, 0.717) is 41.7 Å². The Hall–Kier alpha value is -3.08. The molecule has 2 fully saturated rings. The summed E-state index contributed by atoms with van der Waals surface area (Å²) in [6, 6.07) is 12.4. The number of nitrogens with one attached hydrogen (secondary N) is 2. The molecule has 0 radical (unpaired) electrons. The van der Waals surface area contributed by atoms with Crippen LogP contribution in [0, 0.1) is 5.92 Å². The molecule has 206 valence electrons. The zero-order valence-corrected chi connectivity index (χ0v) is 23.7. The summed E-state index contributed by atoms with van der Waals surface area (Å²) in [7, 11) is -3.70. The van der Waals surface area contributed by atoms with Gasteiger partial charge in [0.05, 0.1) is 23.3 Å². The largest absolute Gasteiger partial charge is 0.360 e. The van der Waals surface area contributed by atoms with Gasteiger partial charge in [0.15, 0.2) is 0 Å². The molecule has 2 saturated heterocycles. The minimum absolute atomic E-state index is 0.223. The lowest BCUT2D eigenvalue weighted by Crippen LogP contribution is -2.54. The van der Waals surface area contributed by atoms with E-state index in [1.54, 1.807) is 22.6 Å². The van der Waals surface area contributed by atoms with E-state index in [1.807, 2.05) is 30.3 Å². The van der Waals surface area contributed by atoms with Gasteiger partial charge in [-0.2, -0.15) is 12.7 Å². The standard InChI is InChI=1S/C28H33ClN6O3S/c1-18(2)27-30-12-4-13-33(27)20-7-9-21(10-8-20)35-17-26-24(5-3-14-34(26)39(35,37)38)32-28(36)19-6-11-22-23(29)16-31-25(22)15-19/h6-11,15-16,18,24,26,31H,3-5,12-14,17H2,1-2H3,(H,32,36)/t24-,26-/m1/s1. The number of aliphatic imine (C=N–C) groups is 1. The van der Waals surface area contributed by atoms with Crippen LogP contribution in [-0.4, -0.2) is 67.7 Å². The minimum atomic E-state index is -3.70. The Balaban J connectivity index is 1.21. The van der Waals surface area contributed by atoms with Crippen LogP contribution in [-0.2, 0) is 10.2 Å².